The fraction of sp³-hybridized carbons (Fsp3) is 0.474. The van der Waals surface area contributed by atoms with Gasteiger partial charge in [-0.25, -0.2) is 4.79 Å². The number of rotatable bonds is 7. The van der Waals surface area contributed by atoms with Crippen LogP contribution in [0.5, 0.6) is 0 Å². The van der Waals surface area contributed by atoms with Crippen molar-refractivity contribution in [3.8, 4) is 0 Å². The largest absolute Gasteiger partial charge is 0.494 e. The summed E-state index contributed by atoms with van der Waals surface area (Å²) in [5, 5.41) is 2.47. The molecule has 0 aliphatic rings. The van der Waals surface area contributed by atoms with Gasteiger partial charge in [-0.15, -0.1) is 0 Å². The van der Waals surface area contributed by atoms with Crippen molar-refractivity contribution in [1.29, 1.82) is 0 Å². The molecule has 6 nitrogen and oxygen atoms in total. The zero-order chi connectivity index (χ0) is 19.0. The summed E-state index contributed by atoms with van der Waals surface area (Å²) in [6.07, 6.45) is -0.612. The van der Waals surface area contributed by atoms with E-state index in [9.17, 15) is 9.59 Å². The third-order valence-electron chi connectivity index (χ3n) is 3.25. The van der Waals surface area contributed by atoms with Gasteiger partial charge in [0.15, 0.2) is 0 Å². The summed E-state index contributed by atoms with van der Waals surface area (Å²) in [5.41, 5.74) is 1.19. The van der Waals surface area contributed by atoms with Gasteiger partial charge < -0.3 is 19.7 Å². The van der Waals surface area contributed by atoms with Crippen LogP contribution < -0.4 is 5.32 Å². The highest BCUT2D eigenvalue weighted by molar-refractivity contribution is 5.82. The van der Waals surface area contributed by atoms with Crippen molar-refractivity contribution in [3.05, 3.63) is 42.0 Å². The van der Waals surface area contributed by atoms with Crippen molar-refractivity contribution in [1.82, 2.24) is 10.2 Å². The SMILES string of the molecule is C=C(OCC)c1ccccc1CN(C)C(=O)CNC(=O)OC(C)(C)C. The Kier molecular flexibility index (Phi) is 7.48. The number of ether oxygens (including phenoxy) is 2. The maximum Gasteiger partial charge on any atom is 0.408 e. The van der Waals surface area contributed by atoms with Gasteiger partial charge in [-0.1, -0.05) is 30.8 Å². The summed E-state index contributed by atoms with van der Waals surface area (Å²) in [4.78, 5) is 25.4. The van der Waals surface area contributed by atoms with E-state index < -0.39 is 11.7 Å². The zero-order valence-electron chi connectivity index (χ0n) is 15.7. The minimum atomic E-state index is -0.612. The van der Waals surface area contributed by atoms with E-state index in [-0.39, 0.29) is 12.5 Å². The van der Waals surface area contributed by atoms with Gasteiger partial charge in [-0.3, -0.25) is 4.79 Å². The van der Waals surface area contributed by atoms with E-state index in [0.717, 1.165) is 11.1 Å². The molecule has 1 aromatic rings. The first-order valence-corrected chi connectivity index (χ1v) is 8.25. The second-order valence-electron chi connectivity index (χ2n) is 6.62. The lowest BCUT2D eigenvalue weighted by molar-refractivity contribution is -0.129. The topological polar surface area (TPSA) is 67.9 Å². The fourth-order valence-corrected chi connectivity index (χ4v) is 2.12. The molecule has 0 aliphatic heterocycles. The Labute approximate surface area is 149 Å². The third kappa shape index (κ3) is 7.28. The Morgan fingerprint density at radius 2 is 1.88 bits per heavy atom. The van der Waals surface area contributed by atoms with Crippen LogP contribution in [0.25, 0.3) is 5.76 Å². The second kappa shape index (κ2) is 9.11. The van der Waals surface area contributed by atoms with E-state index in [2.05, 4.69) is 11.9 Å². The molecule has 1 aromatic carbocycles. The summed E-state index contributed by atoms with van der Waals surface area (Å²) in [6.45, 7) is 11.9. The standard InChI is InChI=1S/C19H28N2O4/c1-7-24-14(2)16-11-9-8-10-15(16)13-21(6)17(22)12-20-18(23)25-19(3,4)5/h8-11H,2,7,12-13H2,1,3-6H3,(H,20,23). The Morgan fingerprint density at radius 3 is 2.48 bits per heavy atom. The highest BCUT2D eigenvalue weighted by Crippen LogP contribution is 2.20. The molecule has 0 spiro atoms. The number of carbonyl (C=O) groups is 2. The third-order valence-corrected chi connectivity index (χ3v) is 3.25. The molecule has 2 amide bonds. The highest BCUT2D eigenvalue weighted by Gasteiger charge is 2.18. The summed E-state index contributed by atoms with van der Waals surface area (Å²) in [7, 11) is 1.68. The van der Waals surface area contributed by atoms with Crippen LogP contribution in [0.15, 0.2) is 30.8 Å². The Balaban J connectivity index is 2.64. The maximum absolute atomic E-state index is 12.2. The number of alkyl carbamates (subject to hydrolysis) is 1. The fourth-order valence-electron chi connectivity index (χ4n) is 2.12. The van der Waals surface area contributed by atoms with Gasteiger partial charge in [-0.05, 0) is 33.3 Å². The van der Waals surface area contributed by atoms with Gasteiger partial charge in [0.25, 0.3) is 0 Å². The maximum atomic E-state index is 12.2. The predicted molar refractivity (Wildman–Crippen MR) is 97.8 cm³/mol. The normalized spacial score (nSPS) is 10.8. The predicted octanol–water partition coefficient (Wildman–Crippen LogP) is 3.18. The minimum absolute atomic E-state index is 0.125. The molecule has 1 rings (SSSR count). The van der Waals surface area contributed by atoms with Crippen LogP contribution in [-0.4, -0.2) is 42.7 Å². The van der Waals surface area contributed by atoms with Gasteiger partial charge in [0.1, 0.15) is 17.9 Å². The van der Waals surface area contributed by atoms with Crippen LogP contribution in [0.4, 0.5) is 4.79 Å². The van der Waals surface area contributed by atoms with Gasteiger partial charge in [0.2, 0.25) is 5.91 Å². The molecule has 0 fully saturated rings. The van der Waals surface area contributed by atoms with Crippen LogP contribution in [0.3, 0.4) is 0 Å². The minimum Gasteiger partial charge on any atom is -0.494 e. The molecule has 0 atom stereocenters. The van der Waals surface area contributed by atoms with Gasteiger partial charge in [0.05, 0.1) is 6.61 Å². The Morgan fingerprint density at radius 1 is 1.24 bits per heavy atom. The van der Waals surface area contributed by atoms with Crippen LogP contribution in [0, 0.1) is 0 Å². The number of amides is 2. The summed E-state index contributed by atoms with van der Waals surface area (Å²) >= 11 is 0. The molecule has 0 aliphatic carbocycles. The van der Waals surface area contributed by atoms with E-state index >= 15 is 0 Å². The summed E-state index contributed by atoms with van der Waals surface area (Å²) in [6, 6.07) is 7.62. The van der Waals surface area contributed by atoms with Gasteiger partial charge >= 0.3 is 6.09 Å². The van der Waals surface area contributed by atoms with Crippen molar-refractivity contribution in [2.24, 2.45) is 0 Å². The number of hydrogen-bond acceptors (Lipinski definition) is 4. The molecule has 0 radical (unpaired) electrons. The lowest BCUT2D eigenvalue weighted by atomic mass is 10.1. The van der Waals surface area contributed by atoms with Crippen LogP contribution in [0.2, 0.25) is 0 Å². The Bertz CT molecular complexity index is 620. The monoisotopic (exact) mass is 348 g/mol. The van der Waals surface area contributed by atoms with Crippen LogP contribution >= 0.6 is 0 Å². The van der Waals surface area contributed by atoms with Crippen molar-refractivity contribution in [3.63, 3.8) is 0 Å². The average molecular weight is 348 g/mol. The number of likely N-dealkylation sites (N-methyl/N-ethyl adjacent to an activating group) is 1. The first-order chi connectivity index (χ1) is 11.6. The van der Waals surface area contributed by atoms with Gasteiger partial charge in [0, 0.05) is 19.2 Å². The van der Waals surface area contributed by atoms with Crippen molar-refractivity contribution < 1.29 is 19.1 Å². The number of benzene rings is 1. The second-order valence-corrected chi connectivity index (χ2v) is 6.62. The summed E-state index contributed by atoms with van der Waals surface area (Å²) in [5.74, 6) is 0.355. The zero-order valence-corrected chi connectivity index (χ0v) is 15.7. The van der Waals surface area contributed by atoms with Crippen molar-refractivity contribution in [2.45, 2.75) is 39.8 Å². The molecule has 25 heavy (non-hydrogen) atoms. The number of nitrogens with one attached hydrogen (secondary N) is 1. The molecule has 0 bridgehead atoms. The van der Waals surface area contributed by atoms with Crippen LogP contribution in [-0.2, 0) is 20.8 Å². The molecule has 6 heteroatoms. The average Bonchev–Trinajstić information content (AvgIpc) is 2.51. The molecule has 1 N–H and O–H groups in total. The van der Waals surface area contributed by atoms with E-state index in [4.69, 9.17) is 9.47 Å². The smallest absolute Gasteiger partial charge is 0.408 e. The first-order valence-electron chi connectivity index (χ1n) is 8.25. The Hall–Kier alpha value is -2.50. The molecule has 138 valence electrons. The molecular weight excluding hydrogens is 320 g/mol. The highest BCUT2D eigenvalue weighted by atomic mass is 16.6. The van der Waals surface area contributed by atoms with Gasteiger partial charge in [-0.2, -0.15) is 0 Å². The molecule has 0 unspecified atom stereocenters. The van der Waals surface area contributed by atoms with E-state index in [0.29, 0.717) is 18.9 Å². The number of hydrogen-bond donors (Lipinski definition) is 1. The number of nitrogens with zero attached hydrogens (tertiary/aromatic N) is 1. The van der Waals surface area contributed by atoms with E-state index in [1.54, 1.807) is 27.8 Å². The molecule has 0 saturated carbocycles. The van der Waals surface area contributed by atoms with E-state index in [1.165, 1.54) is 4.90 Å². The van der Waals surface area contributed by atoms with Crippen molar-refractivity contribution >= 4 is 17.8 Å². The molecule has 0 heterocycles. The van der Waals surface area contributed by atoms with E-state index in [1.807, 2.05) is 31.2 Å². The molecule has 0 aromatic heterocycles. The lowest BCUT2D eigenvalue weighted by Crippen LogP contribution is -2.40. The molecular formula is C19H28N2O4. The lowest BCUT2D eigenvalue weighted by Gasteiger charge is -2.22. The van der Waals surface area contributed by atoms with Crippen LogP contribution in [0.1, 0.15) is 38.8 Å². The number of carbonyl (C=O) groups excluding carboxylic acids is 2. The first kappa shape index (κ1) is 20.5. The molecule has 0 saturated heterocycles. The van der Waals surface area contributed by atoms with Crippen molar-refractivity contribution in [2.75, 3.05) is 20.2 Å². The quantitative estimate of drug-likeness (QED) is 0.769. The summed E-state index contributed by atoms with van der Waals surface area (Å²) < 4.78 is 10.6.